The molecule has 2 aromatic rings. The van der Waals surface area contributed by atoms with Crippen LogP contribution in [0, 0.1) is 6.92 Å². The van der Waals surface area contributed by atoms with Crippen molar-refractivity contribution in [3.63, 3.8) is 0 Å². The largest absolute Gasteiger partial charge is 0.354 e. The maximum atomic E-state index is 12.4. The van der Waals surface area contributed by atoms with Crippen molar-refractivity contribution in [1.29, 1.82) is 0 Å². The molecule has 1 saturated heterocycles. The highest BCUT2D eigenvalue weighted by Gasteiger charge is 2.23. The van der Waals surface area contributed by atoms with Crippen molar-refractivity contribution in [2.24, 2.45) is 0 Å². The van der Waals surface area contributed by atoms with E-state index in [0.29, 0.717) is 30.0 Å². The maximum absolute atomic E-state index is 12.4. The maximum Gasteiger partial charge on any atom is 0.291 e. The zero-order chi connectivity index (χ0) is 18.7. The van der Waals surface area contributed by atoms with E-state index in [1.165, 1.54) is 23.9 Å². The van der Waals surface area contributed by atoms with E-state index in [1.807, 2.05) is 6.92 Å². The molecular formula is C19H29N5O2. The Bertz CT molecular complexity index is 815. The summed E-state index contributed by atoms with van der Waals surface area (Å²) < 4.78 is 2.98. The van der Waals surface area contributed by atoms with Crippen molar-refractivity contribution in [1.82, 2.24) is 24.4 Å². The van der Waals surface area contributed by atoms with E-state index in [-0.39, 0.29) is 18.0 Å². The number of hydrogen-bond acceptors (Lipinski definition) is 4. The molecule has 0 saturated carbocycles. The lowest BCUT2D eigenvalue weighted by Gasteiger charge is -2.39. The van der Waals surface area contributed by atoms with Gasteiger partial charge in [-0.2, -0.15) is 5.10 Å². The fourth-order valence-electron chi connectivity index (χ4n) is 3.94. The Kier molecular flexibility index (Phi) is 5.76. The number of hydrogen-bond donors (Lipinski definition) is 1. The Morgan fingerprint density at radius 2 is 2.04 bits per heavy atom. The van der Waals surface area contributed by atoms with Gasteiger partial charge >= 0.3 is 0 Å². The summed E-state index contributed by atoms with van der Waals surface area (Å²) in [6.45, 7) is 7.96. The van der Waals surface area contributed by atoms with Crippen LogP contribution in [0.15, 0.2) is 23.1 Å². The molecule has 1 aliphatic heterocycles. The molecule has 7 nitrogen and oxygen atoms in total. The molecule has 1 amide bonds. The molecule has 0 unspecified atom stereocenters. The van der Waals surface area contributed by atoms with Gasteiger partial charge in [-0.15, -0.1) is 0 Å². The second-order valence-corrected chi connectivity index (χ2v) is 7.34. The van der Waals surface area contributed by atoms with E-state index >= 15 is 0 Å². The lowest BCUT2D eigenvalue weighted by atomic mass is 9.97. The minimum absolute atomic E-state index is 0.0438. The number of nitrogens with zero attached hydrogens (tertiary/aromatic N) is 4. The number of carbonyl (C=O) groups is 1. The molecule has 7 heteroatoms. The summed E-state index contributed by atoms with van der Waals surface area (Å²) >= 11 is 0. The monoisotopic (exact) mass is 359 g/mol. The van der Waals surface area contributed by atoms with Crippen molar-refractivity contribution in [2.75, 3.05) is 13.1 Å². The van der Waals surface area contributed by atoms with E-state index < -0.39 is 0 Å². The summed E-state index contributed by atoms with van der Waals surface area (Å²) in [4.78, 5) is 27.1. The van der Waals surface area contributed by atoms with Gasteiger partial charge in [0.2, 0.25) is 5.91 Å². The van der Waals surface area contributed by atoms with Gasteiger partial charge in [-0.1, -0.05) is 6.42 Å². The van der Waals surface area contributed by atoms with E-state index in [0.717, 1.165) is 13.0 Å². The molecule has 26 heavy (non-hydrogen) atoms. The van der Waals surface area contributed by atoms with Crippen molar-refractivity contribution in [2.45, 2.75) is 65.1 Å². The van der Waals surface area contributed by atoms with Crippen molar-refractivity contribution < 1.29 is 4.79 Å². The number of amides is 1. The van der Waals surface area contributed by atoms with Gasteiger partial charge in [0.15, 0.2) is 0 Å². The van der Waals surface area contributed by atoms with Crippen molar-refractivity contribution in [3.05, 3.63) is 34.5 Å². The Balaban J connectivity index is 1.50. The minimum atomic E-state index is -0.244. The number of fused-ring (bicyclic) bond motifs is 1. The average molecular weight is 359 g/mol. The molecule has 0 aliphatic carbocycles. The highest BCUT2D eigenvalue weighted by molar-refractivity contribution is 5.75. The molecule has 1 fully saturated rings. The zero-order valence-electron chi connectivity index (χ0n) is 15.9. The molecule has 3 rings (SSSR count). The lowest BCUT2D eigenvalue weighted by molar-refractivity contribution is -0.121. The molecule has 0 spiro atoms. The SMILES string of the molecule is Cc1nn(CC(=O)NCCCN2[C@H](C)CCC[C@@H]2C)c(=O)c2cccn12. The number of rotatable bonds is 6. The molecule has 0 bridgehead atoms. The van der Waals surface area contributed by atoms with E-state index in [9.17, 15) is 9.59 Å². The third-order valence-electron chi connectivity index (χ3n) is 5.40. The Morgan fingerprint density at radius 1 is 1.31 bits per heavy atom. The van der Waals surface area contributed by atoms with Crippen LogP contribution in [0.2, 0.25) is 0 Å². The second-order valence-electron chi connectivity index (χ2n) is 7.34. The predicted molar refractivity (Wildman–Crippen MR) is 101 cm³/mol. The molecule has 2 aromatic heterocycles. The fraction of sp³-hybridized carbons (Fsp3) is 0.632. The fourth-order valence-corrected chi connectivity index (χ4v) is 3.94. The highest BCUT2D eigenvalue weighted by Crippen LogP contribution is 2.22. The van der Waals surface area contributed by atoms with Gasteiger partial charge in [-0.05, 0) is 52.2 Å². The number of piperidine rings is 1. The van der Waals surface area contributed by atoms with Crippen LogP contribution in [0.5, 0.6) is 0 Å². The van der Waals surface area contributed by atoms with Crippen LogP contribution in [0.25, 0.3) is 5.52 Å². The molecular weight excluding hydrogens is 330 g/mol. The van der Waals surface area contributed by atoms with E-state index in [4.69, 9.17) is 0 Å². The smallest absolute Gasteiger partial charge is 0.291 e. The van der Waals surface area contributed by atoms with Crippen LogP contribution in [0.1, 0.15) is 45.4 Å². The third kappa shape index (κ3) is 3.98. The van der Waals surface area contributed by atoms with E-state index in [2.05, 4.69) is 29.2 Å². The normalized spacial score (nSPS) is 21.2. The Morgan fingerprint density at radius 3 is 2.77 bits per heavy atom. The van der Waals surface area contributed by atoms with Crippen LogP contribution in [0.3, 0.4) is 0 Å². The first-order chi connectivity index (χ1) is 12.5. The molecule has 0 radical (unpaired) electrons. The van der Waals surface area contributed by atoms with Crippen LogP contribution >= 0.6 is 0 Å². The summed E-state index contributed by atoms with van der Waals surface area (Å²) in [6, 6.07) is 4.79. The molecule has 3 heterocycles. The second kappa shape index (κ2) is 8.03. The average Bonchev–Trinajstić information content (AvgIpc) is 3.09. The zero-order valence-corrected chi connectivity index (χ0v) is 15.9. The summed E-state index contributed by atoms with van der Waals surface area (Å²) in [5.41, 5.74) is 0.296. The van der Waals surface area contributed by atoms with Crippen molar-refractivity contribution >= 4 is 11.4 Å². The lowest BCUT2D eigenvalue weighted by Crippen LogP contribution is -2.45. The van der Waals surface area contributed by atoms with Crippen LogP contribution in [-0.4, -0.2) is 50.2 Å². The Labute approximate surface area is 154 Å². The number of aromatic nitrogens is 3. The first-order valence-electron chi connectivity index (χ1n) is 9.54. The van der Waals surface area contributed by atoms with Gasteiger partial charge < -0.3 is 5.32 Å². The number of nitrogens with one attached hydrogen (secondary N) is 1. The predicted octanol–water partition coefficient (Wildman–Crippen LogP) is 1.57. The molecule has 0 aromatic carbocycles. The van der Waals surface area contributed by atoms with Crippen LogP contribution in [-0.2, 0) is 11.3 Å². The molecule has 142 valence electrons. The number of carbonyl (C=O) groups excluding carboxylic acids is 1. The molecule has 1 N–H and O–H groups in total. The first-order valence-corrected chi connectivity index (χ1v) is 9.54. The van der Waals surface area contributed by atoms with Gasteiger partial charge in [-0.3, -0.25) is 18.9 Å². The molecule has 2 atom stereocenters. The minimum Gasteiger partial charge on any atom is -0.354 e. The highest BCUT2D eigenvalue weighted by atomic mass is 16.2. The van der Waals surface area contributed by atoms with Gasteiger partial charge in [0.25, 0.3) is 5.56 Å². The quantitative estimate of drug-likeness (QED) is 0.795. The van der Waals surface area contributed by atoms with Crippen LogP contribution < -0.4 is 10.9 Å². The standard InChI is InChI=1S/C19H29N5O2/c1-14-7-4-8-15(2)22(14)12-6-10-20-18(25)13-24-19(26)17-9-5-11-23(17)16(3)21-24/h5,9,11,14-15H,4,6-8,10,12-13H2,1-3H3,(H,20,25)/t14-,15+. The van der Waals surface area contributed by atoms with Crippen LogP contribution in [0.4, 0.5) is 0 Å². The summed E-state index contributed by atoms with van der Waals surface area (Å²) in [6.07, 6.45) is 6.54. The number of aryl methyl sites for hydroxylation is 1. The molecule has 1 aliphatic rings. The summed E-state index contributed by atoms with van der Waals surface area (Å²) in [5.74, 6) is 0.514. The third-order valence-corrected chi connectivity index (χ3v) is 5.40. The first kappa shape index (κ1) is 18.6. The van der Waals surface area contributed by atoms with Crippen molar-refractivity contribution in [3.8, 4) is 0 Å². The number of likely N-dealkylation sites (tertiary alicyclic amines) is 1. The van der Waals surface area contributed by atoms with Gasteiger partial charge in [0, 0.05) is 31.4 Å². The van der Waals surface area contributed by atoms with Gasteiger partial charge in [0.05, 0.1) is 0 Å². The van der Waals surface area contributed by atoms with Gasteiger partial charge in [-0.25, -0.2) is 4.68 Å². The van der Waals surface area contributed by atoms with Gasteiger partial charge in [0.1, 0.15) is 17.9 Å². The Hall–Kier alpha value is -2.15. The summed E-state index contributed by atoms with van der Waals surface area (Å²) in [7, 11) is 0. The summed E-state index contributed by atoms with van der Waals surface area (Å²) in [5, 5.41) is 7.15. The topological polar surface area (TPSA) is 71.6 Å². The van der Waals surface area contributed by atoms with E-state index in [1.54, 1.807) is 22.7 Å².